The normalized spacial score (nSPS) is 12.8. The van der Waals surface area contributed by atoms with Gasteiger partial charge in [0, 0.05) is 0 Å². The zero-order valence-electron chi connectivity index (χ0n) is 15.0. The monoisotopic (exact) mass is 324 g/mol. The van der Waals surface area contributed by atoms with Gasteiger partial charge < -0.3 is 0 Å². The number of rotatable bonds is 4. The molecule has 0 bridgehead atoms. The van der Waals surface area contributed by atoms with Gasteiger partial charge in [0.25, 0.3) is 0 Å². The van der Waals surface area contributed by atoms with E-state index in [0.717, 1.165) is 12.8 Å². The van der Waals surface area contributed by atoms with Crippen molar-refractivity contribution in [1.82, 2.24) is 0 Å². The zero-order valence-corrected chi connectivity index (χ0v) is 15.0. The Kier molecular flexibility index (Phi) is 4.28. The number of benzene rings is 3. The van der Waals surface area contributed by atoms with Crippen LogP contribution in [0.3, 0.4) is 0 Å². The standard InChI is InChI=1S/C25H24/c1-3-9-20-14-15-21-16-22(19-11-5-4-6-12-19)17-24(21)25(20)23-13-8-7-10-18(23)2/h4-8,10-15,17H,3,9,16H2,1-2H3. The molecule has 1 aliphatic rings. The molecule has 0 spiro atoms. The van der Waals surface area contributed by atoms with Crippen molar-refractivity contribution >= 4 is 11.6 Å². The summed E-state index contributed by atoms with van der Waals surface area (Å²) in [6, 6.07) is 24.3. The third-order valence-corrected chi connectivity index (χ3v) is 5.20. The van der Waals surface area contributed by atoms with Crippen LogP contribution >= 0.6 is 0 Å². The van der Waals surface area contributed by atoms with E-state index in [0.29, 0.717) is 0 Å². The van der Waals surface area contributed by atoms with E-state index < -0.39 is 0 Å². The summed E-state index contributed by atoms with van der Waals surface area (Å²) in [6.45, 7) is 4.49. The van der Waals surface area contributed by atoms with Crippen molar-refractivity contribution in [3.63, 3.8) is 0 Å². The lowest BCUT2D eigenvalue weighted by molar-refractivity contribution is 0.922. The molecular formula is C25H24. The maximum Gasteiger partial charge on any atom is -0.00134 e. The Morgan fingerprint density at radius 2 is 1.60 bits per heavy atom. The van der Waals surface area contributed by atoms with Crippen LogP contribution < -0.4 is 0 Å². The molecule has 0 saturated carbocycles. The molecule has 0 unspecified atom stereocenters. The van der Waals surface area contributed by atoms with Crippen LogP contribution in [0.1, 0.15) is 41.2 Å². The summed E-state index contributed by atoms with van der Waals surface area (Å²) in [5.41, 5.74) is 11.3. The van der Waals surface area contributed by atoms with Gasteiger partial charge in [-0.2, -0.15) is 0 Å². The molecule has 3 aromatic carbocycles. The fraction of sp³-hybridized carbons (Fsp3) is 0.200. The fourth-order valence-corrected chi connectivity index (χ4v) is 3.94. The lowest BCUT2D eigenvalue weighted by Gasteiger charge is -2.16. The minimum Gasteiger partial charge on any atom is -0.0651 e. The summed E-state index contributed by atoms with van der Waals surface area (Å²) < 4.78 is 0. The molecule has 0 atom stereocenters. The number of hydrogen-bond acceptors (Lipinski definition) is 0. The molecule has 0 nitrogen and oxygen atoms in total. The molecule has 0 aromatic heterocycles. The lowest BCUT2D eigenvalue weighted by atomic mass is 9.88. The van der Waals surface area contributed by atoms with E-state index in [-0.39, 0.29) is 0 Å². The molecular weight excluding hydrogens is 300 g/mol. The van der Waals surface area contributed by atoms with Gasteiger partial charge in [-0.3, -0.25) is 0 Å². The van der Waals surface area contributed by atoms with Crippen molar-refractivity contribution in [1.29, 1.82) is 0 Å². The van der Waals surface area contributed by atoms with Crippen LogP contribution in [-0.4, -0.2) is 0 Å². The summed E-state index contributed by atoms with van der Waals surface area (Å²) in [5.74, 6) is 0. The lowest BCUT2D eigenvalue weighted by Crippen LogP contribution is -1.97. The van der Waals surface area contributed by atoms with Gasteiger partial charge in [-0.25, -0.2) is 0 Å². The second-order valence-electron chi connectivity index (χ2n) is 6.95. The first-order chi connectivity index (χ1) is 12.3. The molecule has 124 valence electrons. The topological polar surface area (TPSA) is 0 Å². The Balaban J connectivity index is 1.91. The summed E-state index contributed by atoms with van der Waals surface area (Å²) >= 11 is 0. The van der Waals surface area contributed by atoms with Crippen LogP contribution in [0.2, 0.25) is 0 Å². The van der Waals surface area contributed by atoms with E-state index in [1.54, 1.807) is 0 Å². The molecule has 0 saturated heterocycles. The van der Waals surface area contributed by atoms with Gasteiger partial charge in [-0.1, -0.05) is 80.1 Å². The van der Waals surface area contributed by atoms with Crippen LogP contribution in [0.5, 0.6) is 0 Å². The highest BCUT2D eigenvalue weighted by atomic mass is 14.2. The van der Waals surface area contributed by atoms with E-state index in [1.165, 1.54) is 50.9 Å². The molecule has 1 aliphatic carbocycles. The molecule has 0 heteroatoms. The van der Waals surface area contributed by atoms with Crippen LogP contribution in [0.25, 0.3) is 22.8 Å². The predicted molar refractivity (Wildman–Crippen MR) is 109 cm³/mol. The number of hydrogen-bond donors (Lipinski definition) is 0. The molecule has 0 fully saturated rings. The minimum absolute atomic E-state index is 1.03. The fourth-order valence-electron chi connectivity index (χ4n) is 3.94. The van der Waals surface area contributed by atoms with Gasteiger partial charge in [0.1, 0.15) is 0 Å². The number of allylic oxidation sites excluding steroid dienone is 1. The second kappa shape index (κ2) is 6.72. The molecule has 4 rings (SSSR count). The van der Waals surface area contributed by atoms with Crippen molar-refractivity contribution in [3.05, 3.63) is 94.5 Å². The Hall–Kier alpha value is -2.60. The van der Waals surface area contributed by atoms with E-state index in [9.17, 15) is 0 Å². The van der Waals surface area contributed by atoms with Gasteiger partial charge in [0.05, 0.1) is 0 Å². The van der Waals surface area contributed by atoms with Crippen LogP contribution in [0, 0.1) is 6.92 Å². The van der Waals surface area contributed by atoms with E-state index in [4.69, 9.17) is 0 Å². The highest BCUT2D eigenvalue weighted by molar-refractivity contribution is 5.95. The summed E-state index contributed by atoms with van der Waals surface area (Å²) in [4.78, 5) is 0. The average molecular weight is 324 g/mol. The predicted octanol–water partition coefficient (Wildman–Crippen LogP) is 6.71. The largest absolute Gasteiger partial charge is 0.0651 e. The maximum absolute atomic E-state index is 2.42. The first kappa shape index (κ1) is 15.9. The first-order valence-electron chi connectivity index (χ1n) is 9.24. The van der Waals surface area contributed by atoms with Gasteiger partial charge in [-0.05, 0) is 70.4 Å². The maximum atomic E-state index is 2.42. The highest BCUT2D eigenvalue weighted by Crippen LogP contribution is 2.40. The Morgan fingerprint density at radius 3 is 2.36 bits per heavy atom. The van der Waals surface area contributed by atoms with Crippen molar-refractivity contribution < 1.29 is 0 Å². The minimum atomic E-state index is 1.03. The SMILES string of the molecule is CCCc1ccc2c(c1-c1ccccc1C)C=C(c1ccccc1)C2. The quantitative estimate of drug-likeness (QED) is 0.500. The Morgan fingerprint density at radius 1 is 0.840 bits per heavy atom. The average Bonchev–Trinajstić information content (AvgIpc) is 3.08. The number of aryl methyl sites for hydroxylation is 2. The van der Waals surface area contributed by atoms with E-state index >= 15 is 0 Å². The van der Waals surface area contributed by atoms with Crippen molar-refractivity contribution in [2.75, 3.05) is 0 Å². The van der Waals surface area contributed by atoms with Gasteiger partial charge in [0.15, 0.2) is 0 Å². The molecule has 0 heterocycles. The van der Waals surface area contributed by atoms with E-state index in [2.05, 4.69) is 86.7 Å². The Labute approximate surface area is 150 Å². The van der Waals surface area contributed by atoms with Crippen molar-refractivity contribution in [2.45, 2.75) is 33.1 Å². The van der Waals surface area contributed by atoms with Crippen LogP contribution in [0.4, 0.5) is 0 Å². The van der Waals surface area contributed by atoms with E-state index in [1.807, 2.05) is 0 Å². The van der Waals surface area contributed by atoms with Crippen molar-refractivity contribution in [2.24, 2.45) is 0 Å². The molecule has 0 amide bonds. The van der Waals surface area contributed by atoms with Gasteiger partial charge in [-0.15, -0.1) is 0 Å². The van der Waals surface area contributed by atoms with Gasteiger partial charge in [0.2, 0.25) is 0 Å². The molecule has 3 aromatic rings. The first-order valence-corrected chi connectivity index (χ1v) is 9.24. The number of fused-ring (bicyclic) bond motifs is 1. The van der Waals surface area contributed by atoms with Crippen molar-refractivity contribution in [3.8, 4) is 11.1 Å². The van der Waals surface area contributed by atoms with Crippen LogP contribution in [-0.2, 0) is 12.8 Å². The molecule has 0 N–H and O–H groups in total. The zero-order chi connectivity index (χ0) is 17.2. The summed E-state index contributed by atoms with van der Waals surface area (Å²) in [5, 5.41) is 0. The highest BCUT2D eigenvalue weighted by Gasteiger charge is 2.20. The van der Waals surface area contributed by atoms with Gasteiger partial charge >= 0.3 is 0 Å². The second-order valence-corrected chi connectivity index (χ2v) is 6.95. The third-order valence-electron chi connectivity index (χ3n) is 5.20. The molecule has 0 radical (unpaired) electrons. The smallest absolute Gasteiger partial charge is 0.00134 e. The van der Waals surface area contributed by atoms with Crippen LogP contribution in [0.15, 0.2) is 66.7 Å². The summed E-state index contributed by atoms with van der Waals surface area (Å²) in [7, 11) is 0. The summed E-state index contributed by atoms with van der Waals surface area (Å²) in [6.07, 6.45) is 5.76. The third kappa shape index (κ3) is 2.93. The Bertz CT molecular complexity index is 930. The molecule has 0 aliphatic heterocycles. The molecule has 25 heavy (non-hydrogen) atoms.